The number of hydrogen-bond donors (Lipinski definition) is 2. The van der Waals surface area contributed by atoms with E-state index in [1.807, 2.05) is 0 Å². The maximum absolute atomic E-state index is 10.7. The second-order valence-electron chi connectivity index (χ2n) is 1.74. The highest BCUT2D eigenvalue weighted by Gasteiger charge is 2.12. The van der Waals surface area contributed by atoms with Crippen LogP contribution >= 0.6 is 0 Å². The zero-order valence-electron chi connectivity index (χ0n) is 5.62. The molecule has 0 aromatic rings. The highest BCUT2D eigenvalue weighted by Crippen LogP contribution is 1.86. The zero-order chi connectivity index (χ0) is 8.20. The molecular formula is C4H10N2O3S. The lowest BCUT2D eigenvalue weighted by molar-refractivity contribution is -0.118. The van der Waals surface area contributed by atoms with E-state index in [9.17, 15) is 13.2 Å². The van der Waals surface area contributed by atoms with Gasteiger partial charge in [0.25, 0.3) is 0 Å². The Morgan fingerprint density at radius 3 is 2.40 bits per heavy atom. The molecule has 1 amide bonds. The molecule has 60 valence electrons. The molecule has 0 aliphatic rings. The quantitative estimate of drug-likeness (QED) is 0.300. The number of amides is 1. The molecular weight excluding hydrogens is 156 g/mol. The Balaban J connectivity index is 4.03. The van der Waals surface area contributed by atoms with Crippen LogP contribution < -0.4 is 11.3 Å². The van der Waals surface area contributed by atoms with Crippen LogP contribution in [0.1, 0.15) is 6.92 Å². The molecule has 10 heavy (non-hydrogen) atoms. The molecule has 6 heteroatoms. The fraction of sp³-hybridized carbons (Fsp3) is 0.750. The van der Waals surface area contributed by atoms with Crippen molar-refractivity contribution in [3.8, 4) is 0 Å². The SMILES string of the molecule is CCS(=O)(=O)CC(=O)NN. The van der Waals surface area contributed by atoms with Crippen molar-refractivity contribution < 1.29 is 13.2 Å². The number of hydrazine groups is 1. The van der Waals surface area contributed by atoms with Crippen LogP contribution in [0.4, 0.5) is 0 Å². The minimum atomic E-state index is -3.22. The van der Waals surface area contributed by atoms with Crippen LogP contribution in [0.25, 0.3) is 0 Å². The summed E-state index contributed by atoms with van der Waals surface area (Å²) in [4.78, 5) is 10.4. The zero-order valence-corrected chi connectivity index (χ0v) is 6.44. The first kappa shape index (κ1) is 9.38. The van der Waals surface area contributed by atoms with Gasteiger partial charge in [-0.15, -0.1) is 0 Å². The van der Waals surface area contributed by atoms with E-state index in [-0.39, 0.29) is 5.75 Å². The normalized spacial score (nSPS) is 11.0. The van der Waals surface area contributed by atoms with Gasteiger partial charge >= 0.3 is 0 Å². The minimum absolute atomic E-state index is 0.0413. The van der Waals surface area contributed by atoms with E-state index in [2.05, 4.69) is 5.84 Å². The summed E-state index contributed by atoms with van der Waals surface area (Å²) in [6, 6.07) is 0. The Hall–Kier alpha value is -0.620. The summed E-state index contributed by atoms with van der Waals surface area (Å²) in [6.07, 6.45) is 0. The van der Waals surface area contributed by atoms with E-state index in [0.29, 0.717) is 0 Å². The highest BCUT2D eigenvalue weighted by molar-refractivity contribution is 7.92. The van der Waals surface area contributed by atoms with Crippen LogP contribution in [-0.4, -0.2) is 25.8 Å². The minimum Gasteiger partial charge on any atom is -0.293 e. The van der Waals surface area contributed by atoms with Gasteiger partial charge in [0.05, 0.1) is 0 Å². The number of hydrogen-bond acceptors (Lipinski definition) is 4. The standard InChI is InChI=1S/C4H10N2O3S/c1-2-10(8,9)3-4(7)6-5/h2-3,5H2,1H3,(H,6,7). The van der Waals surface area contributed by atoms with Gasteiger partial charge in [0.2, 0.25) is 5.91 Å². The van der Waals surface area contributed by atoms with E-state index < -0.39 is 21.5 Å². The van der Waals surface area contributed by atoms with E-state index in [1.165, 1.54) is 6.92 Å². The predicted molar refractivity (Wildman–Crippen MR) is 36.7 cm³/mol. The van der Waals surface area contributed by atoms with E-state index in [1.54, 1.807) is 5.43 Å². The van der Waals surface area contributed by atoms with Gasteiger partial charge in [-0.3, -0.25) is 10.2 Å². The monoisotopic (exact) mass is 166 g/mol. The van der Waals surface area contributed by atoms with Gasteiger partial charge in [0.1, 0.15) is 5.75 Å². The summed E-state index contributed by atoms with van der Waals surface area (Å²) < 4.78 is 21.3. The molecule has 0 fully saturated rings. The molecule has 0 saturated carbocycles. The Morgan fingerprint density at radius 2 is 2.10 bits per heavy atom. The Kier molecular flexibility index (Phi) is 3.31. The van der Waals surface area contributed by atoms with E-state index >= 15 is 0 Å². The molecule has 0 aliphatic heterocycles. The molecule has 0 spiro atoms. The lowest BCUT2D eigenvalue weighted by atomic mass is 10.8. The van der Waals surface area contributed by atoms with Gasteiger partial charge in [0, 0.05) is 5.75 Å². The second kappa shape index (κ2) is 3.52. The van der Waals surface area contributed by atoms with Crippen molar-refractivity contribution in [1.29, 1.82) is 0 Å². The van der Waals surface area contributed by atoms with Crippen LogP contribution in [0.5, 0.6) is 0 Å². The molecule has 0 aromatic carbocycles. The maximum atomic E-state index is 10.7. The van der Waals surface area contributed by atoms with Crippen LogP contribution in [0, 0.1) is 0 Å². The third-order valence-electron chi connectivity index (χ3n) is 0.952. The van der Waals surface area contributed by atoms with Crippen molar-refractivity contribution in [3.05, 3.63) is 0 Å². The number of carbonyl (C=O) groups is 1. The molecule has 0 heterocycles. The summed E-state index contributed by atoms with van der Waals surface area (Å²) in [5, 5.41) is 0. The number of nitrogens with two attached hydrogens (primary N) is 1. The molecule has 3 N–H and O–H groups in total. The highest BCUT2D eigenvalue weighted by atomic mass is 32.2. The largest absolute Gasteiger partial charge is 0.293 e. The Labute approximate surface area is 59.5 Å². The summed E-state index contributed by atoms with van der Waals surface area (Å²) in [5.74, 6) is 3.42. The van der Waals surface area contributed by atoms with Gasteiger partial charge in [-0.1, -0.05) is 6.92 Å². The predicted octanol–water partition coefficient (Wildman–Crippen LogP) is -1.59. The van der Waals surface area contributed by atoms with Crippen molar-refractivity contribution in [3.63, 3.8) is 0 Å². The number of sulfone groups is 1. The maximum Gasteiger partial charge on any atom is 0.249 e. The molecule has 5 nitrogen and oxygen atoms in total. The van der Waals surface area contributed by atoms with Crippen molar-refractivity contribution in [2.24, 2.45) is 5.84 Å². The van der Waals surface area contributed by atoms with E-state index in [0.717, 1.165) is 0 Å². The molecule has 0 saturated heterocycles. The van der Waals surface area contributed by atoms with Crippen molar-refractivity contribution in [1.82, 2.24) is 5.43 Å². The number of carbonyl (C=O) groups excluding carboxylic acids is 1. The first-order chi connectivity index (χ1) is 4.52. The first-order valence-corrected chi connectivity index (χ1v) is 4.54. The average molecular weight is 166 g/mol. The van der Waals surface area contributed by atoms with Gasteiger partial charge in [-0.25, -0.2) is 14.3 Å². The fourth-order valence-electron chi connectivity index (χ4n) is 0.343. The van der Waals surface area contributed by atoms with Crippen LogP contribution in [0.3, 0.4) is 0 Å². The lowest BCUT2D eigenvalue weighted by Gasteiger charge is -1.97. The van der Waals surface area contributed by atoms with Crippen LogP contribution in [0.2, 0.25) is 0 Å². The fourth-order valence-corrected chi connectivity index (χ4v) is 1.03. The smallest absolute Gasteiger partial charge is 0.249 e. The topological polar surface area (TPSA) is 89.3 Å². The van der Waals surface area contributed by atoms with Gasteiger partial charge < -0.3 is 0 Å². The van der Waals surface area contributed by atoms with Gasteiger partial charge in [0.15, 0.2) is 9.84 Å². The average Bonchev–Trinajstić information content (AvgIpc) is 1.87. The number of rotatable bonds is 3. The molecule has 0 rings (SSSR count). The number of nitrogens with one attached hydrogen (secondary N) is 1. The third-order valence-corrected chi connectivity index (χ3v) is 2.53. The van der Waals surface area contributed by atoms with Crippen molar-refractivity contribution in [2.75, 3.05) is 11.5 Å². The summed E-state index contributed by atoms with van der Waals surface area (Å²) in [6.45, 7) is 1.47. The van der Waals surface area contributed by atoms with Crippen molar-refractivity contribution >= 4 is 15.7 Å². The van der Waals surface area contributed by atoms with Crippen LogP contribution in [0.15, 0.2) is 0 Å². The van der Waals surface area contributed by atoms with Crippen LogP contribution in [-0.2, 0) is 14.6 Å². The molecule has 0 unspecified atom stereocenters. The summed E-state index contributed by atoms with van der Waals surface area (Å²) >= 11 is 0. The lowest BCUT2D eigenvalue weighted by Crippen LogP contribution is -2.35. The van der Waals surface area contributed by atoms with Crippen molar-refractivity contribution in [2.45, 2.75) is 6.92 Å². The molecule has 0 radical (unpaired) electrons. The molecule has 0 atom stereocenters. The summed E-state index contributed by atoms with van der Waals surface area (Å²) in [7, 11) is -3.22. The second-order valence-corrected chi connectivity index (χ2v) is 4.10. The molecule has 0 bridgehead atoms. The van der Waals surface area contributed by atoms with E-state index in [4.69, 9.17) is 0 Å². The molecule has 0 aliphatic carbocycles. The third kappa shape index (κ3) is 3.41. The van der Waals surface area contributed by atoms with Gasteiger partial charge in [-0.2, -0.15) is 0 Å². The molecule has 0 aromatic heterocycles. The Bertz CT molecular complexity index is 209. The first-order valence-electron chi connectivity index (χ1n) is 2.71. The Morgan fingerprint density at radius 1 is 1.60 bits per heavy atom. The summed E-state index contributed by atoms with van der Waals surface area (Å²) in [5.41, 5.74) is 1.74. The van der Waals surface area contributed by atoms with Gasteiger partial charge in [-0.05, 0) is 0 Å².